The average Bonchev–Trinajstić information content (AvgIpc) is 3.19. The normalized spacial score (nSPS) is 19.8. The van der Waals surface area contributed by atoms with Gasteiger partial charge in [-0.15, -0.1) is 16.4 Å². The van der Waals surface area contributed by atoms with E-state index in [0.717, 1.165) is 35.8 Å². The molecule has 0 saturated carbocycles. The molecule has 0 spiro atoms. The molecular weight excluding hydrogens is 348 g/mol. The van der Waals surface area contributed by atoms with E-state index in [-0.39, 0.29) is 0 Å². The van der Waals surface area contributed by atoms with Gasteiger partial charge in [-0.25, -0.2) is 0 Å². The van der Waals surface area contributed by atoms with Crippen LogP contribution in [-0.2, 0) is 20.1 Å². The zero-order valence-corrected chi connectivity index (χ0v) is 16.5. The van der Waals surface area contributed by atoms with Crippen LogP contribution in [0, 0.1) is 11.7 Å². The zero-order chi connectivity index (χ0) is 17.6. The molecule has 0 aliphatic carbocycles. The molecule has 1 N–H and O–H groups in total. The van der Waals surface area contributed by atoms with Crippen molar-refractivity contribution in [2.75, 3.05) is 6.54 Å². The minimum absolute atomic E-state index is 0.487. The Morgan fingerprint density at radius 2 is 2.12 bits per heavy atom. The summed E-state index contributed by atoms with van der Waals surface area (Å²) in [5.74, 6) is 0.948. The number of nitrogens with zero attached hydrogens (tertiary/aromatic N) is 3. The third-order valence-electron chi connectivity index (χ3n) is 5.31. The summed E-state index contributed by atoms with van der Waals surface area (Å²) < 4.78 is 4.82. The molecule has 130 valence electrons. The fourth-order valence-electron chi connectivity index (χ4n) is 3.71. The summed E-state index contributed by atoms with van der Waals surface area (Å²) in [6.45, 7) is 6.38. The van der Waals surface area contributed by atoms with Crippen LogP contribution < -0.4 is 4.90 Å². The lowest BCUT2D eigenvalue weighted by Gasteiger charge is -2.30. The summed E-state index contributed by atoms with van der Waals surface area (Å²) >= 11 is 7.56. The average molecular weight is 372 g/mol. The number of benzene rings is 1. The van der Waals surface area contributed by atoms with Crippen LogP contribution in [0.1, 0.15) is 29.0 Å². The van der Waals surface area contributed by atoms with Crippen molar-refractivity contribution in [2.24, 2.45) is 7.05 Å². The third kappa shape index (κ3) is 2.88. The quantitative estimate of drug-likeness (QED) is 0.716. The van der Waals surface area contributed by atoms with Crippen LogP contribution in [0.2, 0.25) is 0 Å². The first-order chi connectivity index (χ1) is 12.1. The van der Waals surface area contributed by atoms with Crippen LogP contribution in [0.15, 0.2) is 35.7 Å². The van der Waals surface area contributed by atoms with Crippen molar-refractivity contribution >= 4 is 23.6 Å². The molecule has 3 heterocycles. The molecule has 25 heavy (non-hydrogen) atoms. The first-order valence-corrected chi connectivity index (χ1v) is 9.95. The van der Waals surface area contributed by atoms with Crippen LogP contribution in [0.25, 0.3) is 11.4 Å². The van der Waals surface area contributed by atoms with Gasteiger partial charge in [-0.05, 0) is 43.1 Å². The minimum atomic E-state index is 0.487. The second kappa shape index (κ2) is 6.52. The SMILES string of the molecule is Cc1ccccc1-c1nn(C[NH+]2CCc3sccc3[C@@H]2C)c(=S)n1C. The Bertz CT molecular complexity index is 966. The fourth-order valence-corrected chi connectivity index (χ4v) is 4.88. The van der Waals surface area contributed by atoms with Crippen LogP contribution >= 0.6 is 23.6 Å². The number of rotatable bonds is 3. The van der Waals surface area contributed by atoms with E-state index in [1.54, 1.807) is 4.88 Å². The van der Waals surface area contributed by atoms with Gasteiger partial charge in [0.2, 0.25) is 4.77 Å². The first kappa shape index (κ1) is 16.7. The summed E-state index contributed by atoms with van der Waals surface area (Å²) in [5, 5.41) is 7.08. The molecule has 1 aliphatic rings. The van der Waals surface area contributed by atoms with Gasteiger partial charge in [0.05, 0.1) is 6.54 Å². The fraction of sp³-hybridized carbons (Fsp3) is 0.368. The molecule has 3 aromatic rings. The highest BCUT2D eigenvalue weighted by Crippen LogP contribution is 2.25. The van der Waals surface area contributed by atoms with Crippen molar-refractivity contribution in [1.82, 2.24) is 14.3 Å². The van der Waals surface area contributed by atoms with Crippen LogP contribution in [0.3, 0.4) is 0 Å². The summed E-state index contributed by atoms with van der Waals surface area (Å²) in [4.78, 5) is 3.07. The van der Waals surface area contributed by atoms with Crippen LogP contribution in [-0.4, -0.2) is 20.9 Å². The highest BCUT2D eigenvalue weighted by Gasteiger charge is 2.29. The number of aryl methyl sites for hydroxylation is 1. The van der Waals surface area contributed by atoms with E-state index in [0.29, 0.717) is 6.04 Å². The minimum Gasteiger partial charge on any atom is -0.310 e. The molecule has 4 nitrogen and oxygen atoms in total. The van der Waals surface area contributed by atoms with Crippen molar-refractivity contribution in [3.8, 4) is 11.4 Å². The number of aromatic nitrogens is 3. The van der Waals surface area contributed by atoms with Gasteiger partial charge >= 0.3 is 0 Å². The Balaban J connectivity index is 1.66. The largest absolute Gasteiger partial charge is 0.310 e. The molecule has 2 aromatic heterocycles. The summed E-state index contributed by atoms with van der Waals surface area (Å²) in [6.07, 6.45) is 1.15. The van der Waals surface area contributed by atoms with Crippen molar-refractivity contribution in [2.45, 2.75) is 33.0 Å². The van der Waals surface area contributed by atoms with Gasteiger partial charge < -0.3 is 9.47 Å². The van der Waals surface area contributed by atoms with E-state index in [2.05, 4.69) is 49.6 Å². The number of hydrogen-bond donors (Lipinski definition) is 1. The maximum absolute atomic E-state index is 5.68. The highest BCUT2D eigenvalue weighted by atomic mass is 32.1. The number of thiophene rings is 1. The molecule has 1 aromatic carbocycles. The Morgan fingerprint density at radius 1 is 1.32 bits per heavy atom. The highest BCUT2D eigenvalue weighted by molar-refractivity contribution is 7.71. The third-order valence-corrected chi connectivity index (χ3v) is 6.79. The Kier molecular flexibility index (Phi) is 4.35. The Labute approximate surface area is 157 Å². The zero-order valence-electron chi connectivity index (χ0n) is 14.8. The van der Waals surface area contributed by atoms with Gasteiger partial charge in [0, 0.05) is 29.5 Å². The summed E-state index contributed by atoms with van der Waals surface area (Å²) in [7, 11) is 2.01. The maximum Gasteiger partial charge on any atom is 0.202 e. The molecule has 2 atom stereocenters. The summed E-state index contributed by atoms with van der Waals surface area (Å²) in [6, 6.07) is 11.1. The Morgan fingerprint density at radius 3 is 2.92 bits per heavy atom. The molecule has 4 rings (SSSR count). The second-order valence-electron chi connectivity index (χ2n) is 6.82. The lowest BCUT2D eigenvalue weighted by molar-refractivity contribution is -0.954. The van der Waals surface area contributed by atoms with Gasteiger partial charge in [-0.1, -0.05) is 24.3 Å². The van der Waals surface area contributed by atoms with Gasteiger partial charge in [0.25, 0.3) is 0 Å². The van der Waals surface area contributed by atoms with Gasteiger partial charge in [0.15, 0.2) is 12.5 Å². The van der Waals surface area contributed by atoms with Crippen LogP contribution in [0.4, 0.5) is 0 Å². The van der Waals surface area contributed by atoms with Crippen molar-refractivity contribution < 1.29 is 4.90 Å². The lowest BCUT2D eigenvalue weighted by Crippen LogP contribution is -3.12. The molecule has 0 amide bonds. The molecule has 6 heteroatoms. The molecule has 0 saturated heterocycles. The van der Waals surface area contributed by atoms with Gasteiger partial charge in [-0.2, -0.15) is 4.68 Å². The van der Waals surface area contributed by atoms with E-state index in [1.807, 2.05) is 27.6 Å². The molecule has 0 radical (unpaired) electrons. The monoisotopic (exact) mass is 371 g/mol. The van der Waals surface area contributed by atoms with Crippen molar-refractivity contribution in [1.29, 1.82) is 0 Å². The Hall–Kier alpha value is -1.76. The maximum atomic E-state index is 5.68. The molecule has 1 unspecified atom stereocenters. The van der Waals surface area contributed by atoms with E-state index < -0.39 is 0 Å². The number of fused-ring (bicyclic) bond motifs is 1. The molecule has 1 aliphatic heterocycles. The smallest absolute Gasteiger partial charge is 0.202 e. The van der Waals surface area contributed by atoms with E-state index in [1.165, 1.54) is 16.0 Å². The lowest BCUT2D eigenvalue weighted by atomic mass is 10.0. The molecule has 0 fully saturated rings. The predicted molar refractivity (Wildman–Crippen MR) is 104 cm³/mol. The summed E-state index contributed by atoms with van der Waals surface area (Å²) in [5.41, 5.74) is 3.86. The van der Waals surface area contributed by atoms with Crippen LogP contribution in [0.5, 0.6) is 0 Å². The number of hydrogen-bond acceptors (Lipinski definition) is 3. The van der Waals surface area contributed by atoms with Crippen molar-refractivity contribution in [3.63, 3.8) is 0 Å². The second-order valence-corrected chi connectivity index (χ2v) is 8.18. The molecule has 0 bridgehead atoms. The van der Waals surface area contributed by atoms with E-state index in [4.69, 9.17) is 17.3 Å². The molecular formula is C19H23N4S2+. The first-order valence-electron chi connectivity index (χ1n) is 8.67. The van der Waals surface area contributed by atoms with E-state index >= 15 is 0 Å². The van der Waals surface area contributed by atoms with Gasteiger partial charge in [0.1, 0.15) is 6.04 Å². The predicted octanol–water partition coefficient (Wildman–Crippen LogP) is 3.15. The topological polar surface area (TPSA) is 27.2 Å². The number of quaternary nitrogens is 1. The van der Waals surface area contributed by atoms with Crippen molar-refractivity contribution in [3.05, 3.63) is 56.5 Å². The van der Waals surface area contributed by atoms with E-state index in [9.17, 15) is 0 Å². The standard InChI is InChI=1S/C19H22N4S2/c1-13-6-4-5-7-15(13)18-20-23(19(24)21(18)3)12-22-10-8-17-16(14(22)2)9-11-25-17/h4-7,9,11,14H,8,10,12H2,1-3H3/p+1/t14-/m0/s1. The number of nitrogens with one attached hydrogen (secondary N) is 1. The van der Waals surface area contributed by atoms with Gasteiger partial charge in [-0.3, -0.25) is 0 Å².